The first-order chi connectivity index (χ1) is 9.19. The van der Waals surface area contributed by atoms with E-state index in [0.29, 0.717) is 12.6 Å². The van der Waals surface area contributed by atoms with Gasteiger partial charge in [-0.2, -0.15) is 0 Å². The molecule has 0 spiro atoms. The lowest BCUT2D eigenvalue weighted by Gasteiger charge is -2.14. The van der Waals surface area contributed by atoms with Crippen LogP contribution in [-0.2, 0) is 6.54 Å². The van der Waals surface area contributed by atoms with Gasteiger partial charge in [-0.05, 0) is 64.5 Å². The normalized spacial score (nSPS) is 12.4. The van der Waals surface area contributed by atoms with Gasteiger partial charge in [0.15, 0.2) is 0 Å². The van der Waals surface area contributed by atoms with Crippen molar-refractivity contribution in [2.45, 2.75) is 26.4 Å². The Morgan fingerprint density at radius 3 is 2.63 bits per heavy atom. The number of ether oxygens (including phenoxy) is 1. The number of rotatable bonds is 6. The molecule has 0 saturated heterocycles. The number of hydrogen-bond acceptors (Lipinski definition) is 3. The highest BCUT2D eigenvalue weighted by atomic mass is 79.9. The molecule has 0 bridgehead atoms. The molecule has 102 valence electrons. The Morgan fingerprint density at radius 1 is 1.32 bits per heavy atom. The molecule has 0 saturated carbocycles. The number of hydrogen-bond donors (Lipinski definition) is 1. The summed E-state index contributed by atoms with van der Waals surface area (Å²) in [5.41, 5.74) is 2.59. The van der Waals surface area contributed by atoms with E-state index in [1.807, 2.05) is 19.1 Å². The van der Waals surface area contributed by atoms with Crippen LogP contribution < -0.4 is 10.1 Å². The average Bonchev–Trinajstić information content (AvgIpc) is 2.83. The van der Waals surface area contributed by atoms with E-state index >= 15 is 0 Å². The number of benzene rings is 1. The minimum Gasteiger partial charge on any atom is -0.494 e. The summed E-state index contributed by atoms with van der Waals surface area (Å²) in [6, 6.07) is 10.8. The minimum atomic E-state index is 0.328. The summed E-state index contributed by atoms with van der Waals surface area (Å²) in [6.45, 7) is 5.77. The quantitative estimate of drug-likeness (QED) is 0.819. The van der Waals surface area contributed by atoms with Crippen molar-refractivity contribution in [2.24, 2.45) is 0 Å². The number of halogens is 1. The molecule has 1 unspecified atom stereocenters. The standard InChI is InChI=1S/C15H18BrNOS/c1-3-18-14-6-4-13(5-7-14)11(2)17-9-12-8-15(16)19-10-12/h4-8,10-11,17H,3,9H2,1-2H3. The van der Waals surface area contributed by atoms with Crippen LogP contribution in [0.25, 0.3) is 0 Å². The smallest absolute Gasteiger partial charge is 0.119 e. The van der Waals surface area contributed by atoms with Gasteiger partial charge in [-0.1, -0.05) is 12.1 Å². The summed E-state index contributed by atoms with van der Waals surface area (Å²) in [5, 5.41) is 5.69. The Labute approximate surface area is 126 Å². The van der Waals surface area contributed by atoms with E-state index in [0.717, 1.165) is 12.3 Å². The van der Waals surface area contributed by atoms with Gasteiger partial charge in [0.05, 0.1) is 10.4 Å². The molecule has 0 aliphatic rings. The summed E-state index contributed by atoms with van der Waals surface area (Å²) < 4.78 is 6.63. The predicted octanol–water partition coefficient (Wildman–Crippen LogP) is 4.76. The largest absolute Gasteiger partial charge is 0.494 e. The second kappa shape index (κ2) is 7.08. The molecule has 0 aliphatic carbocycles. The third kappa shape index (κ3) is 4.34. The molecule has 1 atom stereocenters. The van der Waals surface area contributed by atoms with Gasteiger partial charge < -0.3 is 10.1 Å². The fourth-order valence-corrected chi connectivity index (χ4v) is 3.06. The molecule has 2 nitrogen and oxygen atoms in total. The zero-order valence-electron chi connectivity index (χ0n) is 11.2. The van der Waals surface area contributed by atoms with Crippen molar-refractivity contribution < 1.29 is 4.74 Å². The van der Waals surface area contributed by atoms with Crippen LogP contribution in [0.15, 0.2) is 39.5 Å². The number of thiophene rings is 1. The lowest BCUT2D eigenvalue weighted by molar-refractivity contribution is 0.340. The fraction of sp³-hybridized carbons (Fsp3) is 0.333. The Morgan fingerprint density at radius 2 is 2.05 bits per heavy atom. The SMILES string of the molecule is CCOc1ccc(C(C)NCc2csc(Br)c2)cc1. The van der Waals surface area contributed by atoms with Crippen molar-refractivity contribution in [1.29, 1.82) is 0 Å². The molecule has 2 rings (SSSR count). The summed E-state index contributed by atoms with van der Waals surface area (Å²) in [5.74, 6) is 0.931. The Bertz CT molecular complexity index is 509. The Balaban J connectivity index is 1.90. The van der Waals surface area contributed by atoms with Gasteiger partial charge in [0, 0.05) is 12.6 Å². The molecule has 1 aromatic carbocycles. The molecule has 2 aromatic rings. The van der Waals surface area contributed by atoms with Crippen molar-refractivity contribution >= 4 is 27.3 Å². The lowest BCUT2D eigenvalue weighted by atomic mass is 10.1. The van der Waals surface area contributed by atoms with Crippen LogP contribution in [0.3, 0.4) is 0 Å². The van der Waals surface area contributed by atoms with Crippen LogP contribution in [0.2, 0.25) is 0 Å². The van der Waals surface area contributed by atoms with Crippen molar-refractivity contribution in [2.75, 3.05) is 6.61 Å². The van der Waals surface area contributed by atoms with E-state index in [1.54, 1.807) is 11.3 Å². The maximum atomic E-state index is 5.45. The first-order valence-corrected chi connectivity index (χ1v) is 8.05. The molecule has 1 heterocycles. The maximum Gasteiger partial charge on any atom is 0.119 e. The molecule has 19 heavy (non-hydrogen) atoms. The average molecular weight is 340 g/mol. The van der Waals surface area contributed by atoms with E-state index in [2.05, 4.69) is 51.7 Å². The minimum absolute atomic E-state index is 0.328. The van der Waals surface area contributed by atoms with Gasteiger partial charge in [0.25, 0.3) is 0 Å². The Hall–Kier alpha value is -0.840. The van der Waals surface area contributed by atoms with Gasteiger partial charge in [-0.3, -0.25) is 0 Å². The monoisotopic (exact) mass is 339 g/mol. The van der Waals surface area contributed by atoms with Crippen LogP contribution >= 0.6 is 27.3 Å². The maximum absolute atomic E-state index is 5.45. The van der Waals surface area contributed by atoms with Gasteiger partial charge in [0.2, 0.25) is 0 Å². The van der Waals surface area contributed by atoms with Crippen LogP contribution in [-0.4, -0.2) is 6.61 Å². The van der Waals surface area contributed by atoms with E-state index in [-0.39, 0.29) is 0 Å². The highest BCUT2D eigenvalue weighted by Gasteiger charge is 2.06. The molecule has 0 aliphatic heterocycles. The fourth-order valence-electron chi connectivity index (χ4n) is 1.85. The lowest BCUT2D eigenvalue weighted by Crippen LogP contribution is -2.17. The molecular formula is C15H18BrNOS. The molecule has 1 N–H and O–H groups in total. The molecule has 1 aromatic heterocycles. The first-order valence-electron chi connectivity index (χ1n) is 6.38. The van der Waals surface area contributed by atoms with Crippen molar-refractivity contribution in [3.05, 3.63) is 50.6 Å². The van der Waals surface area contributed by atoms with Crippen LogP contribution in [0.5, 0.6) is 5.75 Å². The number of nitrogens with one attached hydrogen (secondary N) is 1. The van der Waals surface area contributed by atoms with Crippen LogP contribution in [0, 0.1) is 0 Å². The zero-order chi connectivity index (χ0) is 13.7. The Kier molecular flexibility index (Phi) is 5.43. The van der Waals surface area contributed by atoms with Crippen molar-refractivity contribution in [3.8, 4) is 5.75 Å². The summed E-state index contributed by atoms with van der Waals surface area (Å²) >= 11 is 5.20. The molecule has 4 heteroatoms. The zero-order valence-corrected chi connectivity index (χ0v) is 13.6. The van der Waals surface area contributed by atoms with Gasteiger partial charge in [0.1, 0.15) is 5.75 Å². The third-order valence-corrected chi connectivity index (χ3v) is 4.48. The highest BCUT2D eigenvalue weighted by molar-refractivity contribution is 9.11. The second-order valence-corrected chi connectivity index (χ2v) is 6.65. The third-order valence-electron chi connectivity index (χ3n) is 2.93. The first kappa shape index (κ1) is 14.6. The van der Waals surface area contributed by atoms with E-state index in [4.69, 9.17) is 4.74 Å². The van der Waals surface area contributed by atoms with E-state index in [9.17, 15) is 0 Å². The topological polar surface area (TPSA) is 21.3 Å². The summed E-state index contributed by atoms with van der Waals surface area (Å²) in [6.07, 6.45) is 0. The molecule has 0 radical (unpaired) electrons. The van der Waals surface area contributed by atoms with Gasteiger partial charge >= 0.3 is 0 Å². The summed E-state index contributed by atoms with van der Waals surface area (Å²) in [4.78, 5) is 0. The molecule has 0 fully saturated rings. The van der Waals surface area contributed by atoms with Gasteiger partial charge in [-0.15, -0.1) is 11.3 Å². The summed E-state index contributed by atoms with van der Waals surface area (Å²) in [7, 11) is 0. The predicted molar refractivity (Wildman–Crippen MR) is 84.9 cm³/mol. The van der Waals surface area contributed by atoms with Crippen molar-refractivity contribution in [3.63, 3.8) is 0 Å². The second-order valence-electron chi connectivity index (χ2n) is 4.36. The van der Waals surface area contributed by atoms with E-state index < -0.39 is 0 Å². The highest BCUT2D eigenvalue weighted by Crippen LogP contribution is 2.22. The van der Waals surface area contributed by atoms with Gasteiger partial charge in [-0.25, -0.2) is 0 Å². The van der Waals surface area contributed by atoms with Crippen LogP contribution in [0.4, 0.5) is 0 Å². The van der Waals surface area contributed by atoms with Crippen molar-refractivity contribution in [1.82, 2.24) is 5.32 Å². The van der Waals surface area contributed by atoms with E-state index in [1.165, 1.54) is 14.9 Å². The van der Waals surface area contributed by atoms with Crippen LogP contribution in [0.1, 0.15) is 31.0 Å². The molecular weight excluding hydrogens is 322 g/mol. The molecule has 0 amide bonds.